The van der Waals surface area contributed by atoms with Crippen LogP contribution in [0.1, 0.15) is 51.3 Å². The number of esters is 1. The molecule has 1 aromatic rings. The molecule has 2 atom stereocenters. The molecule has 24 heavy (non-hydrogen) atoms. The molecule has 0 aromatic heterocycles. The number of methoxy groups -OCH3 is 1. The summed E-state index contributed by atoms with van der Waals surface area (Å²) in [6.07, 6.45) is 0.114. The number of carbonyl (C=O) groups excluding carboxylic acids is 2. The van der Waals surface area contributed by atoms with Crippen LogP contribution in [0.15, 0.2) is 24.3 Å². The predicted molar refractivity (Wildman–Crippen MR) is 95.7 cm³/mol. The quantitative estimate of drug-likeness (QED) is 0.752. The number of carbonyl (C=O) groups is 2. The molecule has 5 nitrogen and oxygen atoms in total. The number of hydrogen-bond donors (Lipinski definition) is 2. The highest BCUT2D eigenvalue weighted by Gasteiger charge is 2.22. The lowest BCUT2D eigenvalue weighted by Gasteiger charge is -2.23. The van der Waals surface area contributed by atoms with E-state index in [-0.39, 0.29) is 29.6 Å². The van der Waals surface area contributed by atoms with E-state index in [0.29, 0.717) is 6.54 Å². The van der Waals surface area contributed by atoms with Crippen LogP contribution in [0.2, 0.25) is 0 Å². The average Bonchev–Trinajstić information content (AvgIpc) is 2.53. The van der Waals surface area contributed by atoms with Gasteiger partial charge in [-0.25, -0.2) is 0 Å². The fourth-order valence-corrected chi connectivity index (χ4v) is 2.43. The Balaban J connectivity index is 2.97. The van der Waals surface area contributed by atoms with Crippen molar-refractivity contribution in [2.24, 2.45) is 5.92 Å². The maximum atomic E-state index is 12.3. The van der Waals surface area contributed by atoms with Gasteiger partial charge in [-0.15, -0.1) is 0 Å². The number of benzene rings is 1. The van der Waals surface area contributed by atoms with Gasteiger partial charge in [0.2, 0.25) is 5.91 Å². The zero-order chi connectivity index (χ0) is 18.3. The minimum atomic E-state index is -0.390. The Morgan fingerprint density at radius 1 is 1.17 bits per heavy atom. The van der Waals surface area contributed by atoms with Crippen LogP contribution < -0.4 is 10.6 Å². The van der Waals surface area contributed by atoms with Crippen molar-refractivity contribution in [3.63, 3.8) is 0 Å². The Bertz CT molecular complexity index is 547. The van der Waals surface area contributed by atoms with Crippen molar-refractivity contribution < 1.29 is 14.3 Å². The Kier molecular flexibility index (Phi) is 7.42. The first-order valence-corrected chi connectivity index (χ1v) is 8.31. The van der Waals surface area contributed by atoms with Crippen LogP contribution in [0.4, 0.5) is 0 Å². The molecule has 0 heterocycles. The molecule has 2 unspecified atom stereocenters. The summed E-state index contributed by atoms with van der Waals surface area (Å²) in [6, 6.07) is 7.64. The topological polar surface area (TPSA) is 67.4 Å². The molecular weight excluding hydrogens is 304 g/mol. The van der Waals surface area contributed by atoms with E-state index in [1.54, 1.807) is 7.05 Å². The van der Waals surface area contributed by atoms with Crippen molar-refractivity contribution in [2.45, 2.75) is 45.6 Å². The highest BCUT2D eigenvalue weighted by molar-refractivity contribution is 5.80. The van der Waals surface area contributed by atoms with Crippen LogP contribution in [-0.4, -0.2) is 32.6 Å². The molecule has 0 fully saturated rings. The fourth-order valence-electron chi connectivity index (χ4n) is 2.43. The highest BCUT2D eigenvalue weighted by Crippen LogP contribution is 2.25. The maximum Gasteiger partial charge on any atom is 0.307 e. The van der Waals surface area contributed by atoms with Crippen molar-refractivity contribution >= 4 is 11.9 Å². The van der Waals surface area contributed by atoms with E-state index in [0.717, 1.165) is 5.56 Å². The summed E-state index contributed by atoms with van der Waals surface area (Å²) in [5.74, 6) is -0.608. The van der Waals surface area contributed by atoms with Crippen molar-refractivity contribution in [1.82, 2.24) is 10.6 Å². The maximum absolute atomic E-state index is 12.3. The van der Waals surface area contributed by atoms with Gasteiger partial charge in [-0.1, -0.05) is 52.0 Å². The zero-order valence-corrected chi connectivity index (χ0v) is 15.6. The van der Waals surface area contributed by atoms with Gasteiger partial charge in [0.1, 0.15) is 0 Å². The lowest BCUT2D eigenvalue weighted by atomic mass is 9.86. The van der Waals surface area contributed by atoms with E-state index in [2.05, 4.69) is 31.4 Å². The second-order valence-corrected chi connectivity index (χ2v) is 7.17. The van der Waals surface area contributed by atoms with Crippen molar-refractivity contribution in [3.05, 3.63) is 35.4 Å². The van der Waals surface area contributed by atoms with Crippen LogP contribution in [0.3, 0.4) is 0 Å². The third-order valence-electron chi connectivity index (χ3n) is 4.05. The zero-order valence-electron chi connectivity index (χ0n) is 15.6. The van der Waals surface area contributed by atoms with Crippen LogP contribution in [0.25, 0.3) is 0 Å². The molecular formula is C19H30N2O3. The molecule has 0 aliphatic heterocycles. The molecule has 1 rings (SSSR count). The summed E-state index contributed by atoms with van der Waals surface area (Å²) in [5, 5.41) is 5.95. The number of ether oxygens (including phenoxy) is 1. The molecule has 0 aliphatic rings. The SMILES string of the molecule is CNCC(C)C(=O)NC(CC(=O)OC)c1ccc(C(C)(C)C)cc1. The van der Waals surface area contributed by atoms with Gasteiger partial charge in [-0.3, -0.25) is 9.59 Å². The van der Waals surface area contributed by atoms with Crippen LogP contribution in [0.5, 0.6) is 0 Å². The summed E-state index contributed by atoms with van der Waals surface area (Å²) < 4.78 is 4.77. The van der Waals surface area contributed by atoms with Crippen LogP contribution in [0, 0.1) is 5.92 Å². The minimum Gasteiger partial charge on any atom is -0.469 e. The molecule has 0 saturated carbocycles. The van der Waals surface area contributed by atoms with Gasteiger partial charge >= 0.3 is 5.97 Å². The normalized spacial score (nSPS) is 13.9. The summed E-state index contributed by atoms with van der Waals surface area (Å²) >= 11 is 0. The fraction of sp³-hybridized carbons (Fsp3) is 0.579. The van der Waals surface area contributed by atoms with E-state index in [9.17, 15) is 9.59 Å². The molecule has 0 saturated heterocycles. The van der Waals surface area contributed by atoms with Crippen LogP contribution in [-0.2, 0) is 19.7 Å². The average molecular weight is 334 g/mol. The lowest BCUT2D eigenvalue weighted by Crippen LogP contribution is -2.37. The summed E-state index contributed by atoms with van der Waals surface area (Å²) in [7, 11) is 3.16. The molecule has 134 valence electrons. The monoisotopic (exact) mass is 334 g/mol. The van der Waals surface area contributed by atoms with Gasteiger partial charge in [0.25, 0.3) is 0 Å². The lowest BCUT2D eigenvalue weighted by molar-refractivity contribution is -0.141. The molecule has 5 heteroatoms. The van der Waals surface area contributed by atoms with Crippen LogP contribution >= 0.6 is 0 Å². The second-order valence-electron chi connectivity index (χ2n) is 7.17. The molecule has 0 aliphatic carbocycles. The van der Waals surface area contributed by atoms with Gasteiger partial charge in [0.05, 0.1) is 19.6 Å². The number of amides is 1. The molecule has 0 radical (unpaired) electrons. The Labute approximate surface area is 145 Å². The predicted octanol–water partition coefficient (Wildman–Crippen LogP) is 2.56. The van der Waals surface area contributed by atoms with Crippen molar-refractivity contribution in [2.75, 3.05) is 20.7 Å². The molecule has 1 amide bonds. The molecule has 0 spiro atoms. The Morgan fingerprint density at radius 2 is 1.75 bits per heavy atom. The minimum absolute atomic E-state index is 0.0565. The standard InChI is InChI=1S/C19H30N2O3/c1-13(12-20-5)18(23)21-16(11-17(22)24-6)14-7-9-15(10-8-14)19(2,3)4/h7-10,13,16,20H,11-12H2,1-6H3,(H,21,23). The van der Waals surface area contributed by atoms with Crippen molar-refractivity contribution in [1.29, 1.82) is 0 Å². The van der Waals surface area contributed by atoms with E-state index >= 15 is 0 Å². The summed E-state index contributed by atoms with van der Waals surface area (Å²) in [6.45, 7) is 8.88. The molecule has 0 bridgehead atoms. The Hall–Kier alpha value is -1.88. The van der Waals surface area contributed by atoms with E-state index < -0.39 is 6.04 Å². The summed E-state index contributed by atoms with van der Waals surface area (Å²) in [5.41, 5.74) is 2.16. The summed E-state index contributed by atoms with van der Waals surface area (Å²) in [4.78, 5) is 24.0. The first kappa shape index (κ1) is 20.2. The number of nitrogens with one attached hydrogen (secondary N) is 2. The Morgan fingerprint density at radius 3 is 2.21 bits per heavy atom. The van der Waals surface area contributed by atoms with Gasteiger partial charge in [0, 0.05) is 12.5 Å². The van der Waals surface area contributed by atoms with Gasteiger partial charge < -0.3 is 15.4 Å². The number of hydrogen-bond acceptors (Lipinski definition) is 4. The third-order valence-corrected chi connectivity index (χ3v) is 4.05. The number of rotatable bonds is 7. The van der Waals surface area contributed by atoms with Gasteiger partial charge in [-0.2, -0.15) is 0 Å². The largest absolute Gasteiger partial charge is 0.469 e. The third kappa shape index (κ3) is 5.96. The second kappa shape index (κ2) is 8.83. The van der Waals surface area contributed by atoms with E-state index in [4.69, 9.17) is 4.74 Å². The van der Waals surface area contributed by atoms with Gasteiger partial charge in [0.15, 0.2) is 0 Å². The molecule has 2 N–H and O–H groups in total. The van der Waals surface area contributed by atoms with E-state index in [1.807, 2.05) is 31.2 Å². The van der Waals surface area contributed by atoms with Gasteiger partial charge in [-0.05, 0) is 23.6 Å². The van der Waals surface area contributed by atoms with E-state index in [1.165, 1.54) is 12.7 Å². The first-order valence-electron chi connectivity index (χ1n) is 8.31. The smallest absolute Gasteiger partial charge is 0.307 e. The first-order chi connectivity index (χ1) is 11.2. The van der Waals surface area contributed by atoms with Crippen molar-refractivity contribution in [3.8, 4) is 0 Å². The molecule has 1 aromatic carbocycles. The highest BCUT2D eigenvalue weighted by atomic mass is 16.5.